The number of anilines is 1. The second-order valence-corrected chi connectivity index (χ2v) is 13.8. The van der Waals surface area contributed by atoms with Gasteiger partial charge < -0.3 is 10.7 Å². The molecule has 0 spiro atoms. The van der Waals surface area contributed by atoms with Gasteiger partial charge in [-0.25, -0.2) is 0 Å². The van der Waals surface area contributed by atoms with Crippen LogP contribution in [0, 0.1) is 0 Å². The van der Waals surface area contributed by atoms with Gasteiger partial charge >= 0.3 is 0 Å². The van der Waals surface area contributed by atoms with E-state index in [1.807, 2.05) is 0 Å². The van der Waals surface area contributed by atoms with Crippen molar-refractivity contribution in [1.82, 2.24) is 34.6 Å². The third-order valence-electron chi connectivity index (χ3n) is 10.6. The van der Waals surface area contributed by atoms with E-state index in [0.29, 0.717) is 17.6 Å². The Kier molecular flexibility index (Phi) is 9.77. The molecule has 4 N–H and O–H groups in total. The lowest BCUT2D eigenvalue weighted by Crippen LogP contribution is -2.48. The van der Waals surface area contributed by atoms with E-state index >= 15 is 0 Å². The van der Waals surface area contributed by atoms with E-state index in [-0.39, 0.29) is 23.6 Å². The maximum Gasteiger partial charge on any atom is 0.262 e. The highest BCUT2D eigenvalue weighted by Crippen LogP contribution is 2.32. The summed E-state index contributed by atoms with van der Waals surface area (Å²) in [5.41, 5.74) is 13.7. The Labute approximate surface area is 299 Å². The molecule has 9 heteroatoms. The summed E-state index contributed by atoms with van der Waals surface area (Å²) in [5.74, 6) is 0.134. The minimum Gasteiger partial charge on any atom is -0.369 e. The average Bonchev–Trinajstić information content (AvgIpc) is 3.51. The molecule has 2 saturated heterocycles. The van der Waals surface area contributed by atoms with Crippen LogP contribution in [-0.4, -0.2) is 86.9 Å². The Morgan fingerprint density at radius 3 is 1.35 bits per heavy atom. The van der Waals surface area contributed by atoms with Gasteiger partial charge in [0.15, 0.2) is 0 Å². The van der Waals surface area contributed by atoms with Crippen LogP contribution < -0.4 is 11.3 Å². The Bertz CT molecular complexity index is 1990. The van der Waals surface area contributed by atoms with E-state index in [1.54, 1.807) is 0 Å². The van der Waals surface area contributed by atoms with Gasteiger partial charge in [-0.3, -0.25) is 29.4 Å². The second kappa shape index (κ2) is 15.0. The Hall–Kier alpha value is -5.06. The number of rotatable bonds is 10. The predicted molar refractivity (Wildman–Crippen MR) is 204 cm³/mol. The topological polar surface area (TPSA) is 101 Å². The van der Waals surface area contributed by atoms with Gasteiger partial charge in [-0.15, -0.1) is 0 Å². The molecule has 4 heterocycles. The molecule has 0 atom stereocenters. The molecule has 4 aromatic carbocycles. The predicted octanol–water partition coefficient (Wildman–Crippen LogP) is 5.65. The highest BCUT2D eigenvalue weighted by atomic mass is 16.1. The Morgan fingerprint density at radius 2 is 0.941 bits per heavy atom. The normalized spacial score (nSPS) is 16.7. The summed E-state index contributed by atoms with van der Waals surface area (Å²) in [5, 5.41) is 0.625. The van der Waals surface area contributed by atoms with Crippen molar-refractivity contribution >= 4 is 17.0 Å². The molecule has 0 saturated carbocycles. The zero-order valence-electron chi connectivity index (χ0n) is 29.0. The van der Waals surface area contributed by atoms with Gasteiger partial charge in [0.05, 0.1) is 17.5 Å². The zero-order valence-corrected chi connectivity index (χ0v) is 29.0. The zero-order chi connectivity index (χ0) is 34.6. The van der Waals surface area contributed by atoms with Crippen molar-refractivity contribution < 1.29 is 0 Å². The van der Waals surface area contributed by atoms with Crippen LogP contribution in [0.1, 0.15) is 45.6 Å². The van der Waals surface area contributed by atoms with Gasteiger partial charge in [0.1, 0.15) is 5.65 Å². The third-order valence-corrected chi connectivity index (χ3v) is 10.6. The van der Waals surface area contributed by atoms with Crippen molar-refractivity contribution in [3.63, 3.8) is 0 Å². The lowest BCUT2D eigenvalue weighted by Gasteiger charge is -2.40. The van der Waals surface area contributed by atoms with Crippen LogP contribution in [0.25, 0.3) is 11.0 Å². The second-order valence-electron chi connectivity index (χ2n) is 13.8. The first-order valence-electron chi connectivity index (χ1n) is 18.1. The number of nitrogen functional groups attached to an aromatic ring is 1. The average molecular weight is 679 g/mol. The van der Waals surface area contributed by atoms with Crippen molar-refractivity contribution in [2.75, 3.05) is 58.1 Å². The molecule has 0 amide bonds. The summed E-state index contributed by atoms with van der Waals surface area (Å²) in [6, 6.07) is 43.7. The molecule has 0 unspecified atom stereocenters. The van der Waals surface area contributed by atoms with E-state index in [9.17, 15) is 4.79 Å². The molecule has 6 aromatic rings. The van der Waals surface area contributed by atoms with E-state index in [0.717, 1.165) is 70.2 Å². The summed E-state index contributed by atoms with van der Waals surface area (Å²) in [7, 11) is 0. The minimum atomic E-state index is -0.180. The van der Waals surface area contributed by atoms with Crippen molar-refractivity contribution in [3.05, 3.63) is 165 Å². The summed E-state index contributed by atoms with van der Waals surface area (Å²) in [6.07, 6.45) is 0. The Morgan fingerprint density at radius 1 is 0.549 bits per heavy atom. The van der Waals surface area contributed by atoms with Crippen molar-refractivity contribution in [2.45, 2.75) is 25.2 Å². The summed E-state index contributed by atoms with van der Waals surface area (Å²) in [4.78, 5) is 34.3. The number of aromatic amines is 2. The lowest BCUT2D eigenvalue weighted by atomic mass is 9.96. The maximum atomic E-state index is 13.4. The number of piperazine rings is 2. The number of hydrogen-bond donors (Lipinski definition) is 3. The molecular formula is C42H46N8O. The molecule has 8 rings (SSSR count). The van der Waals surface area contributed by atoms with Crippen LogP contribution in [-0.2, 0) is 13.1 Å². The van der Waals surface area contributed by atoms with Crippen LogP contribution in [0.15, 0.2) is 126 Å². The number of H-pyrrole nitrogens is 2. The van der Waals surface area contributed by atoms with E-state index < -0.39 is 0 Å². The van der Waals surface area contributed by atoms with E-state index in [1.165, 1.54) is 22.3 Å². The first kappa shape index (κ1) is 33.1. The minimum absolute atomic E-state index is 0.134. The van der Waals surface area contributed by atoms with Gasteiger partial charge in [-0.1, -0.05) is 121 Å². The Balaban J connectivity index is 0.989. The standard InChI is InChI=1S/C42H46N8O/c43-42-45-40-37(41(51)46-42)35(29-47-21-25-49(26-22-47)38(31-13-5-1-6-14-31)32-15-7-2-8-16-32)36(44-40)30-48-23-27-50(28-24-48)39(33-17-9-3-10-18-33)34-19-11-4-12-20-34/h1-20,38-39H,21-30H2,(H4,43,44,45,46,51). The monoisotopic (exact) mass is 678 g/mol. The molecule has 2 aromatic heterocycles. The van der Waals surface area contributed by atoms with Gasteiger partial charge in [0.25, 0.3) is 5.56 Å². The molecule has 51 heavy (non-hydrogen) atoms. The number of nitrogens with one attached hydrogen (secondary N) is 2. The number of aromatic nitrogens is 3. The van der Waals surface area contributed by atoms with Crippen LogP contribution in [0.2, 0.25) is 0 Å². The molecule has 2 aliphatic heterocycles. The van der Waals surface area contributed by atoms with Gasteiger partial charge in [-0.05, 0) is 22.3 Å². The van der Waals surface area contributed by atoms with Crippen molar-refractivity contribution in [3.8, 4) is 0 Å². The molecule has 2 aliphatic rings. The van der Waals surface area contributed by atoms with Gasteiger partial charge in [0, 0.05) is 76.7 Å². The van der Waals surface area contributed by atoms with E-state index in [4.69, 9.17) is 5.73 Å². The highest BCUT2D eigenvalue weighted by molar-refractivity contribution is 5.81. The smallest absolute Gasteiger partial charge is 0.262 e. The highest BCUT2D eigenvalue weighted by Gasteiger charge is 2.30. The van der Waals surface area contributed by atoms with E-state index in [2.05, 4.69) is 156 Å². The van der Waals surface area contributed by atoms with Crippen LogP contribution in [0.5, 0.6) is 0 Å². The molecule has 9 nitrogen and oxygen atoms in total. The van der Waals surface area contributed by atoms with Crippen LogP contribution in [0.4, 0.5) is 5.95 Å². The first-order valence-corrected chi connectivity index (χ1v) is 18.1. The number of nitrogens with two attached hydrogens (primary N) is 1. The SMILES string of the molecule is Nc1nc2[nH]c(CN3CCN(C(c4ccccc4)c4ccccc4)CC3)c(CN3CCN(C(c4ccccc4)c4ccccc4)CC3)c2c(=O)[nH]1. The first-order chi connectivity index (χ1) is 25.1. The summed E-state index contributed by atoms with van der Waals surface area (Å²) in [6.45, 7) is 8.82. The molecule has 260 valence electrons. The fraction of sp³-hybridized carbons (Fsp3) is 0.286. The molecule has 0 bridgehead atoms. The summed E-state index contributed by atoms with van der Waals surface area (Å²) >= 11 is 0. The van der Waals surface area contributed by atoms with Gasteiger partial charge in [0.2, 0.25) is 5.95 Å². The lowest BCUT2D eigenvalue weighted by molar-refractivity contribution is 0.0997. The van der Waals surface area contributed by atoms with Crippen molar-refractivity contribution in [2.24, 2.45) is 0 Å². The maximum absolute atomic E-state index is 13.4. The molecular weight excluding hydrogens is 633 g/mol. The molecule has 0 aliphatic carbocycles. The third kappa shape index (κ3) is 7.25. The van der Waals surface area contributed by atoms with Gasteiger partial charge in [-0.2, -0.15) is 4.98 Å². The number of fused-ring (bicyclic) bond motifs is 1. The quantitative estimate of drug-likeness (QED) is 0.172. The number of benzene rings is 4. The van der Waals surface area contributed by atoms with Crippen LogP contribution >= 0.6 is 0 Å². The fourth-order valence-electron chi connectivity index (χ4n) is 8.12. The fourth-order valence-corrected chi connectivity index (χ4v) is 8.12. The largest absolute Gasteiger partial charge is 0.369 e. The summed E-state index contributed by atoms with van der Waals surface area (Å²) < 4.78 is 0. The number of hydrogen-bond acceptors (Lipinski definition) is 7. The van der Waals surface area contributed by atoms with Crippen molar-refractivity contribution in [1.29, 1.82) is 0 Å². The van der Waals surface area contributed by atoms with Crippen LogP contribution in [0.3, 0.4) is 0 Å². The molecule has 2 fully saturated rings. The number of nitrogens with zero attached hydrogens (tertiary/aromatic N) is 5. The molecule has 0 radical (unpaired) electrons.